The number of aromatic hydroxyl groups is 1. The van der Waals surface area contributed by atoms with Gasteiger partial charge in [-0.25, -0.2) is 5.06 Å². The highest BCUT2D eigenvalue weighted by molar-refractivity contribution is 5.95. The lowest BCUT2D eigenvalue weighted by molar-refractivity contribution is -0.344. The summed E-state index contributed by atoms with van der Waals surface area (Å²) in [5.74, 6) is -4.81. The monoisotopic (exact) mass is 813 g/mol. The Morgan fingerprint density at radius 2 is 1.75 bits per heavy atom. The highest BCUT2D eigenvalue weighted by atomic mass is 16.8. The van der Waals surface area contributed by atoms with Crippen LogP contribution in [0, 0.1) is 19.8 Å². The van der Waals surface area contributed by atoms with Crippen LogP contribution in [0.15, 0.2) is 98.5 Å². The lowest BCUT2D eigenvalue weighted by atomic mass is 9.96. The van der Waals surface area contributed by atoms with Gasteiger partial charge in [-0.05, 0) is 75.4 Å². The molecule has 1 fully saturated rings. The molecule has 4 aromatic rings. The Labute approximate surface area is 336 Å². The van der Waals surface area contributed by atoms with Crippen LogP contribution in [0.25, 0.3) is 27.8 Å². The molecule has 0 bridgehead atoms. The molecule has 0 amide bonds. The lowest BCUT2D eigenvalue weighted by Gasteiger charge is -2.44. The number of hydrogen-bond acceptors (Lipinski definition) is 16. The normalized spacial score (nSPS) is 22.9. The van der Waals surface area contributed by atoms with Crippen molar-refractivity contribution in [3.05, 3.63) is 111 Å². The maximum atomic E-state index is 13.5. The number of hydrogen-bond donors (Lipinski definition) is 7. The number of aliphatic hydroxyl groups excluding tert-OH is 4. The van der Waals surface area contributed by atoms with Crippen molar-refractivity contribution in [1.82, 2.24) is 10.4 Å². The van der Waals surface area contributed by atoms with Crippen LogP contribution in [0.4, 0.5) is 0 Å². The van der Waals surface area contributed by atoms with Crippen molar-refractivity contribution in [1.29, 1.82) is 0 Å². The second-order valence-electron chi connectivity index (χ2n) is 14.5. The number of aliphatic hydroxyl groups is 4. The minimum absolute atomic E-state index is 0.0275. The molecule has 0 radical (unpaired) electrons. The number of benzene rings is 3. The molecule has 3 aliphatic heterocycles. The van der Waals surface area contributed by atoms with E-state index >= 15 is 0 Å². The van der Waals surface area contributed by atoms with E-state index in [1.165, 1.54) is 48.7 Å². The molecule has 7 rings (SSSR count). The molecular formula is C42H43N3O14. The molecule has 7 N–H and O–H groups in total. The summed E-state index contributed by atoms with van der Waals surface area (Å²) in [6.07, 6.45) is -6.75. The number of nitrogens with zero attached hydrogens (tertiary/aromatic N) is 2. The molecule has 0 saturated carbocycles. The van der Waals surface area contributed by atoms with Crippen LogP contribution in [-0.4, -0.2) is 117 Å². The van der Waals surface area contributed by atoms with Crippen molar-refractivity contribution in [2.24, 2.45) is 10.9 Å². The molecular weight excluding hydrogens is 770 g/mol. The molecule has 17 nitrogen and oxygen atoms in total. The first-order valence-corrected chi connectivity index (χ1v) is 18.7. The Kier molecular flexibility index (Phi) is 12.0. The Morgan fingerprint density at radius 1 is 1.02 bits per heavy atom. The number of carbonyl (C=O) groups is 2. The number of rotatable bonds is 14. The van der Waals surface area contributed by atoms with Gasteiger partial charge in [0.1, 0.15) is 35.6 Å². The van der Waals surface area contributed by atoms with Gasteiger partial charge in [-0.15, -0.1) is 0 Å². The smallest absolute Gasteiger partial charge is 0.324 e. The number of aryl methyl sites for hydroxylation is 2. The number of aliphatic carboxylic acids is 1. The predicted molar refractivity (Wildman–Crippen MR) is 210 cm³/mol. The summed E-state index contributed by atoms with van der Waals surface area (Å²) in [6, 6.07) is 15.1. The van der Waals surface area contributed by atoms with Gasteiger partial charge in [0, 0.05) is 36.1 Å². The molecule has 1 saturated heterocycles. The molecule has 310 valence electrons. The first-order valence-electron chi connectivity index (χ1n) is 18.7. The standard InChI is InChI=1S/C42H43N3O14/c1-20-14-21(2)16-24(15-20)33-32-23(10-12-44-32)18-45(33)59-38-36(50)35(49)37(41(54)58-40(53)31(39(51)52)29(43-3)11-13-46)57-42(38)56-26-8-9-27-30(17-26)55-19-28(34(27)48)22-4-6-25(47)7-5-22/h4-10,12,14-17,19,29,31,35-38,41-43,46-47,49-50,54H,11,13,18H2,1-3H3,(H,51,52)/t29-,31+,35-,36-,37-,38+,41+,42+/m1/s1. The van der Waals surface area contributed by atoms with Crippen LogP contribution in [0.2, 0.25) is 0 Å². The number of allylic oxidation sites excluding steroid dienone is 1. The average Bonchev–Trinajstić information content (AvgIpc) is 3.78. The summed E-state index contributed by atoms with van der Waals surface area (Å²) in [5, 5.41) is 67.5. The summed E-state index contributed by atoms with van der Waals surface area (Å²) in [4.78, 5) is 49.7. The van der Waals surface area contributed by atoms with Crippen molar-refractivity contribution in [2.75, 3.05) is 20.2 Å². The van der Waals surface area contributed by atoms with E-state index in [-0.39, 0.29) is 46.4 Å². The van der Waals surface area contributed by atoms with Crippen LogP contribution < -0.4 is 15.5 Å². The number of carboxylic acids is 1. The van der Waals surface area contributed by atoms with Gasteiger partial charge in [0.15, 0.2) is 23.6 Å². The molecule has 0 aliphatic carbocycles. The third-order valence-corrected chi connectivity index (χ3v) is 10.3. The maximum absolute atomic E-state index is 13.5. The van der Waals surface area contributed by atoms with E-state index in [1.54, 1.807) is 18.3 Å². The number of ether oxygens (including phenoxy) is 3. The zero-order chi connectivity index (χ0) is 42.1. The number of aliphatic imine (C=N–C) groups is 1. The molecule has 17 heteroatoms. The first kappa shape index (κ1) is 41.2. The molecule has 1 aromatic heterocycles. The van der Waals surface area contributed by atoms with E-state index < -0.39 is 67.5 Å². The van der Waals surface area contributed by atoms with E-state index in [9.17, 15) is 45.0 Å². The topological polar surface area (TPSA) is 250 Å². The Hall–Kier alpha value is -5.92. The highest BCUT2D eigenvalue weighted by Gasteiger charge is 2.52. The van der Waals surface area contributed by atoms with Crippen molar-refractivity contribution >= 4 is 34.8 Å². The van der Waals surface area contributed by atoms with Gasteiger partial charge in [0.05, 0.1) is 28.9 Å². The minimum Gasteiger partial charge on any atom is -0.508 e. The molecule has 3 aliphatic rings. The third-order valence-electron chi connectivity index (χ3n) is 10.3. The van der Waals surface area contributed by atoms with Gasteiger partial charge < -0.3 is 54.6 Å². The Morgan fingerprint density at radius 3 is 2.42 bits per heavy atom. The van der Waals surface area contributed by atoms with Gasteiger partial charge in [-0.1, -0.05) is 29.3 Å². The van der Waals surface area contributed by atoms with Crippen LogP contribution in [-0.2, 0) is 23.9 Å². The number of carbonyl (C=O) groups excluding carboxylic acids is 1. The van der Waals surface area contributed by atoms with Crippen molar-refractivity contribution in [3.8, 4) is 22.6 Å². The number of nitrogens with one attached hydrogen (secondary N) is 1. The molecule has 4 heterocycles. The molecule has 8 atom stereocenters. The van der Waals surface area contributed by atoms with Crippen molar-refractivity contribution in [3.63, 3.8) is 0 Å². The van der Waals surface area contributed by atoms with E-state index in [4.69, 9.17) is 23.5 Å². The zero-order valence-corrected chi connectivity index (χ0v) is 32.1. The number of fused-ring (bicyclic) bond motifs is 2. The fourth-order valence-electron chi connectivity index (χ4n) is 7.46. The first-order chi connectivity index (χ1) is 28.3. The summed E-state index contributed by atoms with van der Waals surface area (Å²) < 4.78 is 23.2. The van der Waals surface area contributed by atoms with E-state index in [1.807, 2.05) is 38.1 Å². The summed E-state index contributed by atoms with van der Waals surface area (Å²) >= 11 is 0. The van der Waals surface area contributed by atoms with Gasteiger partial charge in [0.25, 0.3) is 0 Å². The predicted octanol–water partition coefficient (Wildman–Crippen LogP) is 2.14. The number of phenolic OH excluding ortho intramolecular Hbond substituents is 1. The van der Waals surface area contributed by atoms with Gasteiger partial charge in [0.2, 0.25) is 12.6 Å². The van der Waals surface area contributed by atoms with Crippen molar-refractivity contribution < 1.29 is 63.7 Å². The average molecular weight is 814 g/mol. The maximum Gasteiger partial charge on any atom is 0.324 e. The van der Waals surface area contributed by atoms with Gasteiger partial charge in [-0.2, -0.15) is 0 Å². The fourth-order valence-corrected chi connectivity index (χ4v) is 7.46. The van der Waals surface area contributed by atoms with Gasteiger partial charge >= 0.3 is 11.9 Å². The lowest BCUT2D eigenvalue weighted by Crippen LogP contribution is -2.64. The Bertz CT molecular complexity index is 2370. The molecule has 0 unspecified atom stereocenters. The fraction of sp³-hybridized carbons (Fsp3) is 0.333. The number of hydroxylamine groups is 2. The highest BCUT2D eigenvalue weighted by Crippen LogP contribution is 2.40. The Balaban J connectivity index is 1.21. The molecule has 3 aromatic carbocycles. The third kappa shape index (κ3) is 8.35. The summed E-state index contributed by atoms with van der Waals surface area (Å²) in [5.41, 5.74) is 5.19. The minimum atomic E-state index is -2.33. The van der Waals surface area contributed by atoms with Crippen LogP contribution in [0.1, 0.15) is 23.1 Å². The SMILES string of the molecule is CN[C@H](CCO)[C@@H](C(=O)O)C(=O)O[C@H](O)[C@@H]1O[C@H](Oc2ccc3c(=O)c(-c4ccc(O)cc4)coc3c2)[C@@H](ON2CC3=CC=NC3=C2c2cc(C)cc(C)c2)[C@H](O)[C@H]1O. The van der Waals surface area contributed by atoms with Crippen LogP contribution >= 0.6 is 0 Å². The number of phenols is 1. The summed E-state index contributed by atoms with van der Waals surface area (Å²) in [6.45, 7) is 3.60. The second kappa shape index (κ2) is 17.1. The quantitative estimate of drug-likeness (QED) is 0.0547. The second-order valence-corrected chi connectivity index (χ2v) is 14.5. The number of esters is 1. The van der Waals surface area contributed by atoms with E-state index in [0.717, 1.165) is 22.3 Å². The molecule has 0 spiro atoms. The largest absolute Gasteiger partial charge is 0.508 e. The van der Waals surface area contributed by atoms with Crippen LogP contribution in [0.3, 0.4) is 0 Å². The van der Waals surface area contributed by atoms with Gasteiger partial charge in [-0.3, -0.25) is 24.2 Å². The zero-order valence-electron chi connectivity index (χ0n) is 32.1. The van der Waals surface area contributed by atoms with Crippen LogP contribution in [0.5, 0.6) is 11.5 Å². The van der Waals surface area contributed by atoms with Crippen molar-refractivity contribution in [2.45, 2.75) is 63.3 Å². The molecule has 59 heavy (non-hydrogen) atoms. The van der Waals surface area contributed by atoms with E-state index in [0.29, 0.717) is 17.0 Å². The number of carboxylic acid groups (broad SMARTS) is 1. The summed E-state index contributed by atoms with van der Waals surface area (Å²) in [7, 11) is 1.39. The van der Waals surface area contributed by atoms with E-state index in [2.05, 4.69) is 10.3 Å².